The molecule has 1 saturated carbocycles. The number of amides is 1. The van der Waals surface area contributed by atoms with Gasteiger partial charge in [0.05, 0.1) is 6.61 Å². The summed E-state index contributed by atoms with van der Waals surface area (Å²) in [6.45, 7) is 2.56. The second-order valence-electron chi connectivity index (χ2n) is 5.12. The first-order valence-corrected chi connectivity index (χ1v) is 7.33. The molecule has 0 heterocycles. The first-order chi connectivity index (χ1) is 9.29. The average molecular weight is 261 g/mol. The van der Waals surface area contributed by atoms with Crippen molar-refractivity contribution in [3.05, 3.63) is 29.8 Å². The van der Waals surface area contributed by atoms with Crippen molar-refractivity contribution in [2.45, 2.75) is 51.5 Å². The third kappa shape index (κ3) is 4.27. The first kappa shape index (κ1) is 13.9. The van der Waals surface area contributed by atoms with Crippen LogP contribution in [0.4, 0.5) is 0 Å². The average Bonchev–Trinajstić information content (AvgIpc) is 2.68. The van der Waals surface area contributed by atoms with Crippen LogP contribution >= 0.6 is 0 Å². The molecule has 1 amide bonds. The minimum atomic E-state index is 0.0217. The molecule has 1 aromatic rings. The Morgan fingerprint density at radius 2 is 2.00 bits per heavy atom. The van der Waals surface area contributed by atoms with Gasteiger partial charge in [-0.2, -0.15) is 0 Å². The van der Waals surface area contributed by atoms with Crippen molar-refractivity contribution in [1.82, 2.24) is 5.32 Å². The number of carbonyl (C=O) groups excluding carboxylic acids is 1. The molecule has 0 aliphatic heterocycles. The summed E-state index contributed by atoms with van der Waals surface area (Å²) in [5.74, 6) is 0.782. The predicted molar refractivity (Wildman–Crippen MR) is 76.6 cm³/mol. The van der Waals surface area contributed by atoms with E-state index in [1.807, 2.05) is 31.2 Å². The van der Waals surface area contributed by atoms with Crippen LogP contribution < -0.4 is 10.1 Å². The molecule has 3 nitrogen and oxygen atoms in total. The van der Waals surface area contributed by atoms with Crippen molar-refractivity contribution < 1.29 is 9.53 Å². The van der Waals surface area contributed by atoms with Gasteiger partial charge in [-0.15, -0.1) is 0 Å². The second-order valence-corrected chi connectivity index (χ2v) is 5.12. The number of hydrogen-bond donors (Lipinski definition) is 1. The molecule has 1 fully saturated rings. The molecular formula is C16H23NO2. The van der Waals surface area contributed by atoms with Crippen LogP contribution in [0, 0.1) is 0 Å². The minimum Gasteiger partial charge on any atom is -0.494 e. The Kier molecular flexibility index (Phi) is 5.25. The molecule has 104 valence electrons. The van der Waals surface area contributed by atoms with Gasteiger partial charge < -0.3 is 10.1 Å². The highest BCUT2D eigenvalue weighted by Crippen LogP contribution is 2.18. The highest BCUT2D eigenvalue weighted by atomic mass is 16.5. The van der Waals surface area contributed by atoms with E-state index in [0.29, 0.717) is 18.2 Å². The Morgan fingerprint density at radius 1 is 1.26 bits per heavy atom. The molecule has 1 N–H and O–H groups in total. The van der Waals surface area contributed by atoms with Gasteiger partial charge in [-0.05, 0) is 38.0 Å². The summed E-state index contributed by atoms with van der Waals surface area (Å²) in [6, 6.07) is 7.74. The largest absolute Gasteiger partial charge is 0.494 e. The Hall–Kier alpha value is -1.51. The third-order valence-electron chi connectivity index (χ3n) is 3.60. The van der Waals surface area contributed by atoms with Gasteiger partial charge in [-0.1, -0.05) is 31.7 Å². The molecule has 2 rings (SSSR count). The Balaban J connectivity index is 1.96. The summed E-state index contributed by atoms with van der Waals surface area (Å²) < 4.78 is 5.43. The van der Waals surface area contributed by atoms with E-state index in [2.05, 4.69) is 5.32 Å². The first-order valence-electron chi connectivity index (χ1n) is 7.33. The molecule has 0 spiro atoms. The fraction of sp³-hybridized carbons (Fsp3) is 0.562. The Labute approximate surface area is 115 Å². The van der Waals surface area contributed by atoms with Crippen molar-refractivity contribution in [1.29, 1.82) is 0 Å². The molecule has 19 heavy (non-hydrogen) atoms. The lowest BCUT2D eigenvalue weighted by atomic mass is 10.1. The molecule has 0 saturated heterocycles. The standard InChI is InChI=1S/C16H23NO2/c1-2-19-15-11-7-8-13(12-15)16(18)17-14-9-5-3-4-6-10-14/h7-8,11-12,14H,2-6,9-10H2,1H3,(H,17,18). The molecule has 1 aliphatic rings. The van der Waals surface area contributed by atoms with Crippen molar-refractivity contribution in [2.75, 3.05) is 6.61 Å². The molecule has 0 aromatic heterocycles. The number of hydrogen-bond acceptors (Lipinski definition) is 2. The maximum absolute atomic E-state index is 12.2. The van der Waals surface area contributed by atoms with Crippen LogP contribution in [0.5, 0.6) is 5.75 Å². The van der Waals surface area contributed by atoms with Crippen molar-refractivity contribution in [3.63, 3.8) is 0 Å². The van der Waals surface area contributed by atoms with E-state index in [4.69, 9.17) is 4.74 Å². The SMILES string of the molecule is CCOc1cccc(C(=O)NC2CCCCCC2)c1. The summed E-state index contributed by atoms with van der Waals surface area (Å²) in [6.07, 6.45) is 7.26. The topological polar surface area (TPSA) is 38.3 Å². The van der Waals surface area contributed by atoms with Crippen LogP contribution in [0.1, 0.15) is 55.8 Å². The zero-order chi connectivity index (χ0) is 13.5. The van der Waals surface area contributed by atoms with Gasteiger partial charge in [0.2, 0.25) is 0 Å². The van der Waals surface area contributed by atoms with Crippen molar-refractivity contribution >= 4 is 5.91 Å². The number of rotatable bonds is 4. The summed E-state index contributed by atoms with van der Waals surface area (Å²) in [5, 5.41) is 3.15. The number of benzene rings is 1. The quantitative estimate of drug-likeness (QED) is 0.842. The molecular weight excluding hydrogens is 238 g/mol. The zero-order valence-corrected chi connectivity index (χ0v) is 11.7. The van der Waals surface area contributed by atoms with E-state index >= 15 is 0 Å². The summed E-state index contributed by atoms with van der Waals surface area (Å²) in [4.78, 5) is 12.2. The van der Waals surface area contributed by atoms with E-state index in [-0.39, 0.29) is 5.91 Å². The molecule has 1 aliphatic carbocycles. The Morgan fingerprint density at radius 3 is 2.68 bits per heavy atom. The van der Waals surface area contributed by atoms with Crippen LogP contribution in [0.15, 0.2) is 24.3 Å². The summed E-state index contributed by atoms with van der Waals surface area (Å²) >= 11 is 0. The molecule has 0 atom stereocenters. The number of carbonyl (C=O) groups is 1. The highest BCUT2D eigenvalue weighted by molar-refractivity contribution is 5.94. The zero-order valence-electron chi connectivity index (χ0n) is 11.7. The maximum atomic E-state index is 12.2. The number of ether oxygens (including phenoxy) is 1. The molecule has 0 radical (unpaired) electrons. The lowest BCUT2D eigenvalue weighted by molar-refractivity contribution is 0.0933. The monoisotopic (exact) mass is 261 g/mol. The van der Waals surface area contributed by atoms with E-state index in [0.717, 1.165) is 18.6 Å². The predicted octanol–water partition coefficient (Wildman–Crippen LogP) is 3.54. The van der Waals surface area contributed by atoms with Crippen LogP contribution in [0.3, 0.4) is 0 Å². The van der Waals surface area contributed by atoms with Crippen molar-refractivity contribution in [2.24, 2.45) is 0 Å². The van der Waals surface area contributed by atoms with E-state index in [9.17, 15) is 4.79 Å². The van der Waals surface area contributed by atoms with Gasteiger partial charge in [0.1, 0.15) is 5.75 Å². The van der Waals surface area contributed by atoms with Crippen LogP contribution in [-0.4, -0.2) is 18.6 Å². The fourth-order valence-electron chi connectivity index (χ4n) is 2.59. The van der Waals surface area contributed by atoms with E-state index in [1.54, 1.807) is 0 Å². The maximum Gasteiger partial charge on any atom is 0.251 e. The van der Waals surface area contributed by atoms with Crippen molar-refractivity contribution in [3.8, 4) is 5.75 Å². The lowest BCUT2D eigenvalue weighted by Gasteiger charge is -2.16. The van der Waals surface area contributed by atoms with Gasteiger partial charge in [-0.3, -0.25) is 4.79 Å². The minimum absolute atomic E-state index is 0.0217. The van der Waals surface area contributed by atoms with Crippen LogP contribution in [-0.2, 0) is 0 Å². The normalized spacial score (nSPS) is 16.7. The highest BCUT2D eigenvalue weighted by Gasteiger charge is 2.15. The van der Waals surface area contributed by atoms with Gasteiger partial charge in [0.25, 0.3) is 5.91 Å². The molecule has 1 aromatic carbocycles. The van der Waals surface area contributed by atoms with Gasteiger partial charge in [0.15, 0.2) is 0 Å². The fourth-order valence-corrected chi connectivity index (χ4v) is 2.59. The summed E-state index contributed by atoms with van der Waals surface area (Å²) in [7, 11) is 0. The molecule has 0 unspecified atom stereocenters. The summed E-state index contributed by atoms with van der Waals surface area (Å²) in [5.41, 5.74) is 0.690. The van der Waals surface area contributed by atoms with Gasteiger partial charge >= 0.3 is 0 Å². The smallest absolute Gasteiger partial charge is 0.251 e. The van der Waals surface area contributed by atoms with Gasteiger partial charge in [0, 0.05) is 11.6 Å². The van der Waals surface area contributed by atoms with Crippen LogP contribution in [0.2, 0.25) is 0 Å². The molecule has 3 heteroatoms. The van der Waals surface area contributed by atoms with Gasteiger partial charge in [-0.25, -0.2) is 0 Å². The second kappa shape index (κ2) is 7.17. The van der Waals surface area contributed by atoms with E-state index in [1.165, 1.54) is 25.7 Å². The molecule has 0 bridgehead atoms. The van der Waals surface area contributed by atoms with E-state index < -0.39 is 0 Å². The number of nitrogens with one attached hydrogen (secondary N) is 1. The van der Waals surface area contributed by atoms with Crippen LogP contribution in [0.25, 0.3) is 0 Å². The Bertz CT molecular complexity index is 409. The third-order valence-corrected chi connectivity index (χ3v) is 3.60. The lowest BCUT2D eigenvalue weighted by Crippen LogP contribution is -2.34.